The van der Waals surface area contributed by atoms with E-state index < -0.39 is 0 Å². The van der Waals surface area contributed by atoms with E-state index in [9.17, 15) is 4.79 Å². The molecule has 0 aliphatic carbocycles. The van der Waals surface area contributed by atoms with E-state index in [4.69, 9.17) is 4.74 Å². The van der Waals surface area contributed by atoms with Crippen molar-refractivity contribution in [3.8, 4) is 5.75 Å². The van der Waals surface area contributed by atoms with E-state index in [-0.39, 0.29) is 11.2 Å². The van der Waals surface area contributed by atoms with E-state index in [0.717, 1.165) is 12.1 Å². The molecule has 0 radical (unpaired) electrons. The van der Waals surface area contributed by atoms with Gasteiger partial charge in [0, 0.05) is 13.6 Å². The summed E-state index contributed by atoms with van der Waals surface area (Å²) in [6, 6.07) is 7.54. The van der Waals surface area contributed by atoms with Crippen molar-refractivity contribution in [3.63, 3.8) is 0 Å². The van der Waals surface area contributed by atoms with Gasteiger partial charge in [-0.1, -0.05) is 23.9 Å². The minimum Gasteiger partial charge on any atom is -0.495 e. The largest absolute Gasteiger partial charge is 0.495 e. The standard InChI is InChI=1S/C13H15N5O2S/c1-17-13(14-15-16-17)21-11-7-8-18(12(11)19)9-5-3-4-6-10(9)20-2/h3-6,11H,7-8H2,1-2H3/t11-/m1/s1. The van der Waals surface area contributed by atoms with Crippen LogP contribution in [0.1, 0.15) is 6.42 Å². The molecule has 1 aliphatic heterocycles. The second-order valence-electron chi connectivity index (χ2n) is 4.64. The second-order valence-corrected chi connectivity index (χ2v) is 5.81. The van der Waals surface area contributed by atoms with E-state index in [1.165, 1.54) is 11.8 Å². The van der Waals surface area contributed by atoms with Crippen LogP contribution in [0.15, 0.2) is 29.4 Å². The molecule has 1 fully saturated rings. The fraction of sp³-hybridized carbons (Fsp3) is 0.385. The lowest BCUT2D eigenvalue weighted by atomic mass is 10.2. The number of tetrazole rings is 1. The van der Waals surface area contributed by atoms with Gasteiger partial charge in [-0.05, 0) is 29.0 Å². The van der Waals surface area contributed by atoms with Gasteiger partial charge in [0.15, 0.2) is 0 Å². The average molecular weight is 305 g/mol. The van der Waals surface area contributed by atoms with Crippen molar-refractivity contribution in [3.05, 3.63) is 24.3 Å². The molecule has 1 aliphatic rings. The molecule has 3 rings (SSSR count). The second kappa shape index (κ2) is 5.72. The van der Waals surface area contributed by atoms with Crippen molar-refractivity contribution in [1.82, 2.24) is 20.2 Å². The number of hydrogen-bond donors (Lipinski definition) is 0. The van der Waals surface area contributed by atoms with Gasteiger partial charge in [-0.15, -0.1) is 5.10 Å². The average Bonchev–Trinajstić information content (AvgIpc) is 3.07. The molecule has 2 heterocycles. The first-order valence-electron chi connectivity index (χ1n) is 6.54. The molecular formula is C13H15N5O2S. The first-order valence-corrected chi connectivity index (χ1v) is 7.42. The Hall–Kier alpha value is -2.09. The van der Waals surface area contributed by atoms with Crippen LogP contribution in [0, 0.1) is 0 Å². The number of hydrogen-bond acceptors (Lipinski definition) is 6. The number of amides is 1. The first-order chi connectivity index (χ1) is 10.2. The summed E-state index contributed by atoms with van der Waals surface area (Å²) >= 11 is 1.40. The lowest BCUT2D eigenvalue weighted by molar-refractivity contribution is -0.116. The Balaban J connectivity index is 1.79. The van der Waals surface area contributed by atoms with Crippen LogP contribution < -0.4 is 9.64 Å². The smallest absolute Gasteiger partial charge is 0.240 e. The molecule has 110 valence electrons. The Morgan fingerprint density at radius 3 is 2.90 bits per heavy atom. The Morgan fingerprint density at radius 2 is 2.19 bits per heavy atom. The number of aromatic nitrogens is 4. The SMILES string of the molecule is COc1ccccc1N1CC[C@@H](Sc2nnnn2C)C1=O. The van der Waals surface area contributed by atoms with E-state index in [2.05, 4.69) is 15.5 Å². The zero-order chi connectivity index (χ0) is 14.8. The highest BCUT2D eigenvalue weighted by Crippen LogP contribution is 2.35. The number of para-hydroxylation sites is 2. The number of thioether (sulfide) groups is 1. The number of aryl methyl sites for hydroxylation is 1. The van der Waals surface area contributed by atoms with Gasteiger partial charge in [0.1, 0.15) is 5.75 Å². The summed E-state index contributed by atoms with van der Waals surface area (Å²) in [4.78, 5) is 14.3. The van der Waals surface area contributed by atoms with Crippen molar-refractivity contribution in [1.29, 1.82) is 0 Å². The number of benzene rings is 1. The zero-order valence-electron chi connectivity index (χ0n) is 11.8. The van der Waals surface area contributed by atoms with Crippen LogP contribution in [0.3, 0.4) is 0 Å². The predicted octanol–water partition coefficient (Wildman–Crippen LogP) is 1.12. The molecule has 0 unspecified atom stereocenters. The molecule has 8 heteroatoms. The lowest BCUT2D eigenvalue weighted by Gasteiger charge is -2.19. The summed E-state index contributed by atoms with van der Waals surface area (Å²) in [5.41, 5.74) is 0.809. The van der Waals surface area contributed by atoms with Crippen LogP contribution in [0.2, 0.25) is 0 Å². The van der Waals surface area contributed by atoms with Crippen molar-refractivity contribution >= 4 is 23.4 Å². The number of rotatable bonds is 4. The maximum atomic E-state index is 12.6. The molecule has 1 aromatic carbocycles. The summed E-state index contributed by atoms with van der Waals surface area (Å²) in [6.45, 7) is 0.669. The fourth-order valence-electron chi connectivity index (χ4n) is 2.30. The monoisotopic (exact) mass is 305 g/mol. The van der Waals surface area contributed by atoms with Crippen molar-refractivity contribution in [2.75, 3.05) is 18.6 Å². The molecule has 1 amide bonds. The van der Waals surface area contributed by atoms with E-state index in [1.54, 1.807) is 23.7 Å². The van der Waals surface area contributed by atoms with Crippen molar-refractivity contribution in [2.45, 2.75) is 16.8 Å². The van der Waals surface area contributed by atoms with Gasteiger partial charge < -0.3 is 9.64 Å². The topological polar surface area (TPSA) is 73.1 Å². The fourth-order valence-corrected chi connectivity index (χ4v) is 3.28. The Morgan fingerprint density at radius 1 is 1.38 bits per heavy atom. The maximum Gasteiger partial charge on any atom is 0.240 e. The first kappa shape index (κ1) is 13.9. The molecule has 1 atom stereocenters. The van der Waals surface area contributed by atoms with Gasteiger partial charge in [-0.2, -0.15) is 0 Å². The number of carbonyl (C=O) groups excluding carboxylic acids is 1. The van der Waals surface area contributed by atoms with Crippen LogP contribution in [-0.4, -0.2) is 45.0 Å². The summed E-state index contributed by atoms with van der Waals surface area (Å²) in [5.74, 6) is 0.768. The van der Waals surface area contributed by atoms with Crippen molar-refractivity contribution < 1.29 is 9.53 Å². The normalized spacial score (nSPS) is 18.3. The minimum atomic E-state index is -0.167. The lowest BCUT2D eigenvalue weighted by Crippen LogP contribution is -2.28. The maximum absolute atomic E-state index is 12.6. The van der Waals surface area contributed by atoms with Crippen LogP contribution in [-0.2, 0) is 11.8 Å². The highest BCUT2D eigenvalue weighted by atomic mass is 32.2. The molecule has 21 heavy (non-hydrogen) atoms. The van der Waals surface area contributed by atoms with Crippen LogP contribution >= 0.6 is 11.8 Å². The number of carbonyl (C=O) groups is 1. The molecule has 2 aromatic rings. The number of ether oxygens (including phenoxy) is 1. The summed E-state index contributed by atoms with van der Waals surface area (Å²) < 4.78 is 6.90. The van der Waals surface area contributed by atoms with Crippen LogP contribution in [0.25, 0.3) is 0 Å². The van der Waals surface area contributed by atoms with Gasteiger partial charge in [-0.25, -0.2) is 4.68 Å². The highest BCUT2D eigenvalue weighted by Gasteiger charge is 2.35. The number of anilines is 1. The molecule has 0 saturated carbocycles. The van der Waals surface area contributed by atoms with Gasteiger partial charge >= 0.3 is 0 Å². The summed E-state index contributed by atoms with van der Waals surface area (Å²) in [6.07, 6.45) is 0.758. The summed E-state index contributed by atoms with van der Waals surface area (Å²) in [5, 5.41) is 11.8. The molecule has 1 aromatic heterocycles. The molecule has 1 saturated heterocycles. The Labute approximate surface area is 126 Å². The van der Waals surface area contributed by atoms with E-state index in [0.29, 0.717) is 17.5 Å². The zero-order valence-corrected chi connectivity index (χ0v) is 12.6. The van der Waals surface area contributed by atoms with E-state index >= 15 is 0 Å². The summed E-state index contributed by atoms with van der Waals surface area (Å²) in [7, 11) is 3.37. The molecule has 7 nitrogen and oxygen atoms in total. The minimum absolute atomic E-state index is 0.0625. The third-order valence-electron chi connectivity index (χ3n) is 3.36. The van der Waals surface area contributed by atoms with Gasteiger partial charge in [0.2, 0.25) is 11.1 Å². The third kappa shape index (κ3) is 2.58. The highest BCUT2D eigenvalue weighted by molar-refractivity contribution is 8.00. The van der Waals surface area contributed by atoms with Gasteiger partial charge in [0.05, 0.1) is 18.0 Å². The van der Waals surface area contributed by atoms with Gasteiger partial charge in [-0.3, -0.25) is 4.79 Å². The molecule has 0 spiro atoms. The molecular weight excluding hydrogens is 290 g/mol. The number of nitrogens with zero attached hydrogens (tertiary/aromatic N) is 5. The van der Waals surface area contributed by atoms with Crippen LogP contribution in [0.4, 0.5) is 5.69 Å². The molecule has 0 N–H and O–H groups in total. The Kier molecular flexibility index (Phi) is 3.78. The van der Waals surface area contributed by atoms with Crippen molar-refractivity contribution in [2.24, 2.45) is 7.05 Å². The van der Waals surface area contributed by atoms with Crippen LogP contribution in [0.5, 0.6) is 5.75 Å². The third-order valence-corrected chi connectivity index (χ3v) is 4.64. The Bertz CT molecular complexity index is 660. The number of methoxy groups -OCH3 is 1. The quantitative estimate of drug-likeness (QED) is 0.842. The molecule has 0 bridgehead atoms. The van der Waals surface area contributed by atoms with Gasteiger partial charge in [0.25, 0.3) is 0 Å². The predicted molar refractivity (Wildman–Crippen MR) is 78.4 cm³/mol. The van der Waals surface area contributed by atoms with E-state index in [1.807, 2.05) is 24.3 Å².